The number of anilines is 1. The second-order valence-corrected chi connectivity index (χ2v) is 6.89. The van der Waals surface area contributed by atoms with Crippen LogP contribution in [0.3, 0.4) is 0 Å². The molecule has 5 nitrogen and oxygen atoms in total. The number of nitrogens with zero attached hydrogens (tertiary/aromatic N) is 2. The molecule has 0 saturated heterocycles. The van der Waals surface area contributed by atoms with Crippen LogP contribution in [0.25, 0.3) is 21.3 Å². The fourth-order valence-corrected chi connectivity index (χ4v) is 4.17. The second-order valence-electron chi connectivity index (χ2n) is 6.03. The highest BCUT2D eigenvalue weighted by Crippen LogP contribution is 2.37. The van der Waals surface area contributed by atoms with E-state index in [2.05, 4.69) is 20.7 Å². The molecule has 2 heterocycles. The lowest BCUT2D eigenvalue weighted by molar-refractivity contribution is 0.171. The molecule has 1 aliphatic carbocycles. The molecule has 1 aromatic carbocycles. The number of aromatic nitrogens is 2. The lowest BCUT2D eigenvalue weighted by atomic mass is 10.1. The molecule has 1 aliphatic rings. The van der Waals surface area contributed by atoms with E-state index in [1.54, 1.807) is 24.8 Å². The Balaban J connectivity index is 1.76. The van der Waals surface area contributed by atoms with E-state index in [4.69, 9.17) is 4.74 Å². The summed E-state index contributed by atoms with van der Waals surface area (Å²) in [7, 11) is 1.66. The van der Waals surface area contributed by atoms with Gasteiger partial charge in [0.25, 0.3) is 0 Å². The van der Waals surface area contributed by atoms with E-state index in [1.807, 2.05) is 24.3 Å². The minimum atomic E-state index is -0.307. The molecule has 0 bridgehead atoms. The van der Waals surface area contributed by atoms with E-state index in [1.165, 1.54) is 0 Å². The number of rotatable bonds is 4. The molecule has 1 fully saturated rings. The summed E-state index contributed by atoms with van der Waals surface area (Å²) >= 11 is 1.61. The van der Waals surface area contributed by atoms with Crippen molar-refractivity contribution in [2.75, 3.05) is 12.4 Å². The van der Waals surface area contributed by atoms with Gasteiger partial charge in [-0.3, -0.25) is 0 Å². The molecule has 2 atom stereocenters. The number of thiophene rings is 1. The van der Waals surface area contributed by atoms with Gasteiger partial charge in [0.1, 0.15) is 22.7 Å². The Morgan fingerprint density at radius 3 is 2.75 bits per heavy atom. The molecule has 6 heteroatoms. The quantitative estimate of drug-likeness (QED) is 0.757. The zero-order valence-corrected chi connectivity index (χ0v) is 14.2. The topological polar surface area (TPSA) is 67.3 Å². The maximum absolute atomic E-state index is 10.1. The van der Waals surface area contributed by atoms with Crippen molar-refractivity contribution >= 4 is 27.4 Å². The number of aliphatic hydroxyl groups is 1. The van der Waals surface area contributed by atoms with Gasteiger partial charge in [-0.25, -0.2) is 9.97 Å². The van der Waals surface area contributed by atoms with Gasteiger partial charge in [-0.1, -0.05) is 12.1 Å². The maximum Gasteiger partial charge on any atom is 0.139 e. The van der Waals surface area contributed by atoms with Crippen LogP contribution in [-0.2, 0) is 0 Å². The van der Waals surface area contributed by atoms with Crippen LogP contribution in [0.4, 0.5) is 5.82 Å². The van der Waals surface area contributed by atoms with Gasteiger partial charge >= 0.3 is 0 Å². The van der Waals surface area contributed by atoms with Gasteiger partial charge in [0.05, 0.1) is 24.6 Å². The van der Waals surface area contributed by atoms with Gasteiger partial charge in [-0.15, -0.1) is 11.3 Å². The average molecular weight is 341 g/mol. The second kappa shape index (κ2) is 6.37. The first-order valence-corrected chi connectivity index (χ1v) is 8.95. The molecule has 0 amide bonds. The van der Waals surface area contributed by atoms with Crippen LogP contribution in [-0.4, -0.2) is 34.3 Å². The van der Waals surface area contributed by atoms with Gasteiger partial charge in [0.15, 0.2) is 0 Å². The molecule has 2 N–H and O–H groups in total. The maximum atomic E-state index is 10.1. The molecule has 0 unspecified atom stereocenters. The lowest BCUT2D eigenvalue weighted by Crippen LogP contribution is -2.28. The summed E-state index contributed by atoms with van der Waals surface area (Å²) in [5, 5.41) is 16.7. The summed E-state index contributed by atoms with van der Waals surface area (Å²) in [4.78, 5) is 9.79. The van der Waals surface area contributed by atoms with Crippen molar-refractivity contribution in [3.63, 3.8) is 0 Å². The first-order valence-electron chi connectivity index (χ1n) is 8.07. The standard InChI is InChI=1S/C18H19N3O2S/c1-23-12-7-5-11(6-8-12)13-9-24-18-16(13)17(19-10-20-18)21-14-3-2-4-15(14)22/h5-10,14-15,22H,2-4H2,1H3,(H,19,20,21)/t14-,15-/m1/s1. The van der Waals surface area contributed by atoms with Crippen LogP contribution in [0.5, 0.6) is 5.75 Å². The molecule has 124 valence electrons. The van der Waals surface area contributed by atoms with Gasteiger partial charge in [0, 0.05) is 10.9 Å². The SMILES string of the molecule is COc1ccc(-c2csc3ncnc(N[C@@H]4CCC[C@H]4O)c23)cc1. The highest BCUT2D eigenvalue weighted by molar-refractivity contribution is 7.17. The zero-order chi connectivity index (χ0) is 16.5. The monoisotopic (exact) mass is 341 g/mol. The summed E-state index contributed by atoms with van der Waals surface area (Å²) in [5.74, 6) is 1.64. The van der Waals surface area contributed by atoms with Crippen molar-refractivity contribution in [1.82, 2.24) is 9.97 Å². The van der Waals surface area contributed by atoms with Crippen LogP contribution in [0.1, 0.15) is 19.3 Å². The molecule has 4 rings (SSSR count). The number of ether oxygens (including phenoxy) is 1. The summed E-state index contributed by atoms with van der Waals surface area (Å²) in [6.45, 7) is 0. The van der Waals surface area contributed by atoms with Gasteiger partial charge in [-0.2, -0.15) is 0 Å². The number of hydrogen-bond acceptors (Lipinski definition) is 6. The first-order chi connectivity index (χ1) is 11.8. The molecular formula is C18H19N3O2S. The normalized spacial score (nSPS) is 20.4. The Labute approximate surface area is 144 Å². The Morgan fingerprint density at radius 1 is 1.21 bits per heavy atom. The molecule has 0 radical (unpaired) electrons. The molecule has 1 saturated carbocycles. The Bertz CT molecular complexity index is 847. The lowest BCUT2D eigenvalue weighted by Gasteiger charge is -2.18. The largest absolute Gasteiger partial charge is 0.497 e. The third kappa shape index (κ3) is 2.72. The van der Waals surface area contributed by atoms with E-state index in [0.29, 0.717) is 0 Å². The number of hydrogen-bond donors (Lipinski definition) is 2. The zero-order valence-electron chi connectivity index (χ0n) is 13.4. The Morgan fingerprint density at radius 2 is 2.04 bits per heavy atom. The third-order valence-electron chi connectivity index (χ3n) is 4.57. The van der Waals surface area contributed by atoms with Gasteiger partial charge in [-0.05, 0) is 37.0 Å². The van der Waals surface area contributed by atoms with E-state index in [-0.39, 0.29) is 12.1 Å². The van der Waals surface area contributed by atoms with Gasteiger partial charge < -0.3 is 15.2 Å². The van der Waals surface area contributed by atoms with Crippen molar-refractivity contribution in [3.8, 4) is 16.9 Å². The molecule has 24 heavy (non-hydrogen) atoms. The van der Waals surface area contributed by atoms with Crippen LogP contribution >= 0.6 is 11.3 Å². The van der Waals surface area contributed by atoms with Crippen molar-refractivity contribution in [2.24, 2.45) is 0 Å². The number of aliphatic hydroxyl groups excluding tert-OH is 1. The summed E-state index contributed by atoms with van der Waals surface area (Å²) in [6, 6.07) is 8.06. The van der Waals surface area contributed by atoms with Crippen molar-refractivity contribution < 1.29 is 9.84 Å². The summed E-state index contributed by atoms with van der Waals surface area (Å²) < 4.78 is 5.24. The fourth-order valence-electron chi connectivity index (χ4n) is 3.25. The minimum absolute atomic E-state index is 0.0618. The van der Waals surface area contributed by atoms with Crippen molar-refractivity contribution in [2.45, 2.75) is 31.4 Å². The first kappa shape index (κ1) is 15.4. The summed E-state index contributed by atoms with van der Waals surface area (Å²) in [6.07, 6.45) is 4.14. The van der Waals surface area contributed by atoms with Crippen LogP contribution < -0.4 is 10.1 Å². The smallest absolute Gasteiger partial charge is 0.139 e. The van der Waals surface area contributed by atoms with Gasteiger partial charge in [0.2, 0.25) is 0 Å². The highest BCUT2D eigenvalue weighted by Gasteiger charge is 2.26. The summed E-state index contributed by atoms with van der Waals surface area (Å²) in [5.41, 5.74) is 2.21. The predicted molar refractivity (Wildman–Crippen MR) is 96.7 cm³/mol. The number of benzene rings is 1. The molecule has 2 aromatic heterocycles. The van der Waals surface area contributed by atoms with Crippen LogP contribution in [0.2, 0.25) is 0 Å². The third-order valence-corrected chi connectivity index (χ3v) is 5.46. The molecule has 0 spiro atoms. The van der Waals surface area contributed by atoms with Crippen LogP contribution in [0, 0.1) is 0 Å². The van der Waals surface area contributed by atoms with E-state index in [0.717, 1.165) is 52.2 Å². The number of methoxy groups -OCH3 is 1. The Hall–Kier alpha value is -2.18. The van der Waals surface area contributed by atoms with Crippen LogP contribution in [0.15, 0.2) is 36.0 Å². The molecule has 0 aliphatic heterocycles. The van der Waals surface area contributed by atoms with E-state index in [9.17, 15) is 5.11 Å². The van der Waals surface area contributed by atoms with E-state index < -0.39 is 0 Å². The number of fused-ring (bicyclic) bond motifs is 1. The van der Waals surface area contributed by atoms with Crippen molar-refractivity contribution in [1.29, 1.82) is 0 Å². The molecule has 3 aromatic rings. The highest BCUT2D eigenvalue weighted by atomic mass is 32.1. The predicted octanol–water partition coefficient (Wildman–Crippen LogP) is 3.69. The van der Waals surface area contributed by atoms with E-state index >= 15 is 0 Å². The number of nitrogens with one attached hydrogen (secondary N) is 1. The minimum Gasteiger partial charge on any atom is -0.497 e. The molecular weight excluding hydrogens is 322 g/mol. The fraction of sp³-hybridized carbons (Fsp3) is 0.333. The average Bonchev–Trinajstić information content (AvgIpc) is 3.22. The van der Waals surface area contributed by atoms with Crippen molar-refractivity contribution in [3.05, 3.63) is 36.0 Å². The Kier molecular flexibility index (Phi) is 4.08.